The number of ketones is 1. The Morgan fingerprint density at radius 2 is 1.39 bits per heavy atom. The van der Waals surface area contributed by atoms with Gasteiger partial charge in [0, 0.05) is 6.42 Å². The van der Waals surface area contributed by atoms with E-state index in [4.69, 9.17) is 0 Å². The average molecular weight is 252 g/mol. The molecule has 0 bridgehead atoms. The van der Waals surface area contributed by atoms with Crippen molar-refractivity contribution >= 4 is 5.78 Å². The van der Waals surface area contributed by atoms with Gasteiger partial charge in [-0.25, -0.2) is 0 Å². The van der Waals surface area contributed by atoms with E-state index in [1.54, 1.807) is 0 Å². The second-order valence-electron chi connectivity index (χ2n) is 5.40. The Bertz CT molecular complexity index is 245. The van der Waals surface area contributed by atoms with E-state index in [1.165, 1.54) is 32.1 Å². The van der Waals surface area contributed by atoms with E-state index in [9.17, 15) is 9.90 Å². The van der Waals surface area contributed by atoms with Crippen molar-refractivity contribution in [3.05, 3.63) is 12.2 Å². The van der Waals surface area contributed by atoms with Gasteiger partial charge >= 0.3 is 0 Å². The van der Waals surface area contributed by atoms with Gasteiger partial charge in [-0.3, -0.25) is 4.79 Å². The predicted octanol–water partition coefficient (Wildman–Crippen LogP) is 4.17. The van der Waals surface area contributed by atoms with Crippen molar-refractivity contribution in [1.29, 1.82) is 0 Å². The fourth-order valence-corrected chi connectivity index (χ4v) is 2.43. The predicted molar refractivity (Wildman–Crippen MR) is 75.6 cm³/mol. The molecule has 0 heterocycles. The van der Waals surface area contributed by atoms with Crippen molar-refractivity contribution in [1.82, 2.24) is 0 Å². The molecule has 0 aromatic rings. The molecule has 1 aliphatic carbocycles. The maximum Gasteiger partial charge on any atom is 0.161 e. The molecule has 0 amide bonds. The molecular weight excluding hydrogens is 224 g/mol. The molecule has 0 spiro atoms. The first-order valence-corrected chi connectivity index (χ1v) is 7.66. The van der Waals surface area contributed by atoms with Gasteiger partial charge in [0.2, 0.25) is 0 Å². The standard InChI is InChI=1S/C16H28O2/c17-15-13-11-9-7-5-3-1-2-4-6-8-10-12-14-16(15)18/h1,3,15,17H,2,4-14H2/b3-1-. The van der Waals surface area contributed by atoms with E-state index in [1.807, 2.05) is 0 Å². The van der Waals surface area contributed by atoms with E-state index >= 15 is 0 Å². The fourth-order valence-electron chi connectivity index (χ4n) is 2.43. The Morgan fingerprint density at radius 1 is 0.833 bits per heavy atom. The van der Waals surface area contributed by atoms with Crippen molar-refractivity contribution in [3.63, 3.8) is 0 Å². The molecule has 2 heteroatoms. The second kappa shape index (κ2) is 10.3. The molecule has 1 atom stereocenters. The highest BCUT2D eigenvalue weighted by atomic mass is 16.3. The van der Waals surface area contributed by atoms with Crippen LogP contribution in [-0.4, -0.2) is 17.0 Å². The van der Waals surface area contributed by atoms with Crippen LogP contribution in [0.25, 0.3) is 0 Å². The summed E-state index contributed by atoms with van der Waals surface area (Å²) in [5.74, 6) is 0.0574. The zero-order valence-corrected chi connectivity index (χ0v) is 11.6. The zero-order valence-electron chi connectivity index (χ0n) is 11.6. The van der Waals surface area contributed by atoms with Crippen LogP contribution in [0.2, 0.25) is 0 Å². The number of aliphatic hydroxyl groups is 1. The summed E-state index contributed by atoms with van der Waals surface area (Å²) in [6.45, 7) is 0. The summed E-state index contributed by atoms with van der Waals surface area (Å²) in [6, 6.07) is 0. The van der Waals surface area contributed by atoms with Crippen LogP contribution in [-0.2, 0) is 4.79 Å². The second-order valence-corrected chi connectivity index (χ2v) is 5.40. The van der Waals surface area contributed by atoms with Crippen molar-refractivity contribution in [3.8, 4) is 0 Å². The number of aliphatic hydroxyl groups excluding tert-OH is 1. The molecule has 0 radical (unpaired) electrons. The van der Waals surface area contributed by atoms with Crippen molar-refractivity contribution in [2.45, 2.75) is 83.2 Å². The molecule has 2 nitrogen and oxygen atoms in total. The van der Waals surface area contributed by atoms with Crippen LogP contribution < -0.4 is 0 Å². The van der Waals surface area contributed by atoms with Gasteiger partial charge in [0.05, 0.1) is 0 Å². The molecule has 0 fully saturated rings. The Kier molecular flexibility index (Phi) is 8.83. The van der Waals surface area contributed by atoms with Gasteiger partial charge < -0.3 is 5.11 Å². The Hall–Kier alpha value is -0.630. The van der Waals surface area contributed by atoms with Crippen LogP contribution in [0.15, 0.2) is 12.2 Å². The van der Waals surface area contributed by atoms with Gasteiger partial charge in [0.25, 0.3) is 0 Å². The fraction of sp³-hybridized carbons (Fsp3) is 0.812. The molecule has 0 saturated heterocycles. The summed E-state index contributed by atoms with van der Waals surface area (Å²) >= 11 is 0. The highest BCUT2D eigenvalue weighted by Gasteiger charge is 2.13. The van der Waals surface area contributed by atoms with Crippen LogP contribution in [0.4, 0.5) is 0 Å². The first kappa shape index (κ1) is 15.4. The third-order valence-corrected chi connectivity index (χ3v) is 3.68. The smallest absolute Gasteiger partial charge is 0.161 e. The first-order valence-electron chi connectivity index (χ1n) is 7.66. The number of hydrogen-bond acceptors (Lipinski definition) is 2. The van der Waals surface area contributed by atoms with Crippen LogP contribution >= 0.6 is 0 Å². The van der Waals surface area contributed by atoms with E-state index < -0.39 is 6.10 Å². The number of carbonyl (C=O) groups excluding carboxylic acids is 1. The van der Waals surface area contributed by atoms with Crippen LogP contribution in [0.1, 0.15) is 77.0 Å². The van der Waals surface area contributed by atoms with Crippen molar-refractivity contribution in [2.75, 3.05) is 0 Å². The summed E-state index contributed by atoms with van der Waals surface area (Å²) in [5, 5.41) is 9.72. The van der Waals surface area contributed by atoms with Gasteiger partial charge in [0.1, 0.15) is 6.10 Å². The first-order chi connectivity index (χ1) is 8.80. The normalized spacial score (nSPS) is 27.8. The quantitative estimate of drug-likeness (QED) is 0.657. The number of rotatable bonds is 0. The van der Waals surface area contributed by atoms with E-state index in [0.29, 0.717) is 12.8 Å². The molecule has 1 unspecified atom stereocenters. The van der Waals surface area contributed by atoms with Gasteiger partial charge in [0.15, 0.2) is 5.78 Å². The molecule has 1 rings (SSSR count). The monoisotopic (exact) mass is 252 g/mol. The lowest BCUT2D eigenvalue weighted by molar-refractivity contribution is -0.127. The van der Waals surface area contributed by atoms with Crippen LogP contribution in [0, 0.1) is 0 Å². The summed E-state index contributed by atoms with van der Waals surface area (Å²) < 4.78 is 0. The Balaban J connectivity index is 2.28. The maximum atomic E-state index is 11.6. The minimum Gasteiger partial charge on any atom is -0.385 e. The maximum absolute atomic E-state index is 11.6. The minimum atomic E-state index is -0.701. The van der Waals surface area contributed by atoms with Gasteiger partial charge in [-0.05, 0) is 38.5 Å². The summed E-state index contributed by atoms with van der Waals surface area (Å²) in [4.78, 5) is 11.6. The molecule has 104 valence electrons. The molecule has 0 aromatic heterocycles. The summed E-state index contributed by atoms with van der Waals surface area (Å²) in [5.41, 5.74) is 0. The van der Waals surface area contributed by atoms with E-state index in [2.05, 4.69) is 12.2 Å². The Morgan fingerprint density at radius 3 is 2.11 bits per heavy atom. The average Bonchev–Trinajstić information content (AvgIpc) is 2.37. The number of Topliss-reactive ketones (excluding diaryl/α,β-unsaturated/α-hetero) is 1. The van der Waals surface area contributed by atoms with E-state index in [-0.39, 0.29) is 5.78 Å². The highest BCUT2D eigenvalue weighted by molar-refractivity contribution is 5.82. The lowest BCUT2D eigenvalue weighted by Crippen LogP contribution is -2.19. The molecule has 18 heavy (non-hydrogen) atoms. The summed E-state index contributed by atoms with van der Waals surface area (Å²) in [6.07, 6.45) is 16.6. The molecule has 0 saturated carbocycles. The minimum absolute atomic E-state index is 0.0574. The topological polar surface area (TPSA) is 37.3 Å². The summed E-state index contributed by atoms with van der Waals surface area (Å²) in [7, 11) is 0. The van der Waals surface area contributed by atoms with Crippen LogP contribution in [0.3, 0.4) is 0 Å². The number of allylic oxidation sites excluding steroid dienone is 2. The highest BCUT2D eigenvalue weighted by Crippen LogP contribution is 2.13. The van der Waals surface area contributed by atoms with Gasteiger partial charge in [-0.2, -0.15) is 0 Å². The third-order valence-electron chi connectivity index (χ3n) is 3.68. The van der Waals surface area contributed by atoms with Crippen LogP contribution in [0.5, 0.6) is 0 Å². The zero-order chi connectivity index (χ0) is 13.1. The van der Waals surface area contributed by atoms with E-state index in [0.717, 1.165) is 32.1 Å². The molecular formula is C16H28O2. The molecule has 1 aliphatic rings. The third kappa shape index (κ3) is 7.65. The van der Waals surface area contributed by atoms with Gasteiger partial charge in [-0.1, -0.05) is 44.3 Å². The lowest BCUT2D eigenvalue weighted by atomic mass is 10.0. The molecule has 0 aromatic carbocycles. The van der Waals surface area contributed by atoms with Crippen molar-refractivity contribution in [2.24, 2.45) is 0 Å². The lowest BCUT2D eigenvalue weighted by Gasteiger charge is -2.09. The largest absolute Gasteiger partial charge is 0.385 e. The number of hydrogen-bond donors (Lipinski definition) is 1. The number of carbonyl (C=O) groups is 1. The SMILES string of the molecule is O=C1CCCCCCC/C=C\CCCCCC1O. The van der Waals surface area contributed by atoms with Crippen molar-refractivity contribution < 1.29 is 9.90 Å². The van der Waals surface area contributed by atoms with Gasteiger partial charge in [-0.15, -0.1) is 0 Å². The Labute approximate surface area is 111 Å². The molecule has 0 aliphatic heterocycles. The molecule has 1 N–H and O–H groups in total.